The van der Waals surface area contributed by atoms with Gasteiger partial charge in [0, 0.05) is 12.2 Å². The maximum absolute atomic E-state index is 9.27. The van der Waals surface area contributed by atoms with Gasteiger partial charge in [0.25, 0.3) is 0 Å². The zero-order chi connectivity index (χ0) is 19.2. The molecule has 7 nitrogen and oxygen atoms in total. The molecule has 0 spiro atoms. The molecule has 0 unspecified atom stereocenters. The zero-order valence-corrected chi connectivity index (χ0v) is 15.1. The first-order valence-electron chi connectivity index (χ1n) is 8.92. The molecule has 0 atom stereocenters. The van der Waals surface area contributed by atoms with Crippen molar-refractivity contribution >= 4 is 28.4 Å². The smallest absolute Gasteiger partial charge is 0.119 e. The standard InChI is InChI=1S/C21H19N5O2/c27-21-11-7-19(8-12-21)25-23-17-3-1-16(2-4-17)22-24-18-5-9-20(10-6-18)26-13-14-28-15-26/h1-12,27H,13-15H2. The molecule has 0 aliphatic carbocycles. The minimum atomic E-state index is 0.202. The SMILES string of the molecule is Oc1ccc(N=Nc2ccc(N=Nc3ccc(N4CCOC4)cc3)cc2)cc1. The van der Waals surface area contributed by atoms with E-state index in [1.165, 1.54) is 0 Å². The third kappa shape index (κ3) is 4.57. The molecule has 1 heterocycles. The summed E-state index contributed by atoms with van der Waals surface area (Å²) >= 11 is 0. The zero-order valence-electron chi connectivity index (χ0n) is 15.1. The number of phenolic OH excluding ortho intramolecular Hbond substituents is 1. The molecule has 1 aliphatic rings. The minimum Gasteiger partial charge on any atom is -0.508 e. The van der Waals surface area contributed by atoms with Gasteiger partial charge in [0.1, 0.15) is 12.5 Å². The van der Waals surface area contributed by atoms with Gasteiger partial charge in [-0.2, -0.15) is 20.5 Å². The van der Waals surface area contributed by atoms with Crippen molar-refractivity contribution in [2.24, 2.45) is 20.5 Å². The summed E-state index contributed by atoms with van der Waals surface area (Å²) in [5.41, 5.74) is 4.04. The second-order valence-electron chi connectivity index (χ2n) is 6.25. The Bertz CT molecular complexity index is 961. The van der Waals surface area contributed by atoms with Crippen molar-refractivity contribution in [3.05, 3.63) is 72.8 Å². The molecule has 1 aliphatic heterocycles. The molecule has 7 heteroatoms. The number of rotatable bonds is 5. The summed E-state index contributed by atoms with van der Waals surface area (Å²) in [4.78, 5) is 2.17. The third-order valence-corrected chi connectivity index (χ3v) is 4.23. The van der Waals surface area contributed by atoms with E-state index in [1.807, 2.05) is 48.5 Å². The van der Waals surface area contributed by atoms with Gasteiger partial charge in [-0.15, -0.1) is 0 Å². The highest BCUT2D eigenvalue weighted by molar-refractivity contribution is 5.53. The molecule has 28 heavy (non-hydrogen) atoms. The molecule has 1 N–H and O–H groups in total. The number of azo groups is 2. The van der Waals surface area contributed by atoms with Crippen LogP contribution in [0.15, 0.2) is 93.3 Å². The number of nitrogens with zero attached hydrogens (tertiary/aromatic N) is 5. The van der Waals surface area contributed by atoms with Gasteiger partial charge in [-0.25, -0.2) is 0 Å². The Morgan fingerprint density at radius 1 is 0.643 bits per heavy atom. The van der Waals surface area contributed by atoms with Gasteiger partial charge >= 0.3 is 0 Å². The lowest BCUT2D eigenvalue weighted by atomic mass is 10.2. The minimum absolute atomic E-state index is 0.202. The lowest BCUT2D eigenvalue weighted by Gasteiger charge is -2.15. The first-order chi connectivity index (χ1) is 13.8. The van der Waals surface area contributed by atoms with Gasteiger partial charge in [0.15, 0.2) is 0 Å². The average Bonchev–Trinajstić information content (AvgIpc) is 3.28. The molecule has 4 rings (SSSR count). The van der Waals surface area contributed by atoms with E-state index in [0.29, 0.717) is 18.1 Å². The van der Waals surface area contributed by atoms with Crippen molar-refractivity contribution < 1.29 is 9.84 Å². The lowest BCUT2D eigenvalue weighted by molar-refractivity contribution is 0.201. The van der Waals surface area contributed by atoms with Crippen LogP contribution in [-0.4, -0.2) is 25.0 Å². The second-order valence-corrected chi connectivity index (χ2v) is 6.25. The summed E-state index contributed by atoms with van der Waals surface area (Å²) in [5.74, 6) is 0.202. The molecule has 3 aromatic carbocycles. The van der Waals surface area contributed by atoms with E-state index in [1.54, 1.807) is 24.3 Å². The normalized spacial score (nSPS) is 14.4. The van der Waals surface area contributed by atoms with Gasteiger partial charge < -0.3 is 14.7 Å². The van der Waals surface area contributed by atoms with Crippen LogP contribution in [0.1, 0.15) is 0 Å². The summed E-state index contributed by atoms with van der Waals surface area (Å²) in [5, 5.41) is 26.1. The van der Waals surface area contributed by atoms with E-state index < -0.39 is 0 Å². The van der Waals surface area contributed by atoms with Crippen LogP contribution in [-0.2, 0) is 4.74 Å². The summed E-state index contributed by atoms with van der Waals surface area (Å²) in [6.45, 7) is 2.32. The van der Waals surface area contributed by atoms with Crippen LogP contribution in [0.2, 0.25) is 0 Å². The van der Waals surface area contributed by atoms with Crippen LogP contribution in [0.5, 0.6) is 5.75 Å². The van der Waals surface area contributed by atoms with Gasteiger partial charge in [0.2, 0.25) is 0 Å². The fourth-order valence-corrected chi connectivity index (χ4v) is 2.68. The molecule has 0 radical (unpaired) electrons. The van der Waals surface area contributed by atoms with Crippen molar-refractivity contribution in [3.63, 3.8) is 0 Å². The summed E-state index contributed by atoms with van der Waals surface area (Å²) in [6.07, 6.45) is 0. The van der Waals surface area contributed by atoms with E-state index in [9.17, 15) is 5.11 Å². The average molecular weight is 373 g/mol. The highest BCUT2D eigenvalue weighted by Crippen LogP contribution is 2.25. The van der Waals surface area contributed by atoms with E-state index >= 15 is 0 Å². The summed E-state index contributed by atoms with van der Waals surface area (Å²) < 4.78 is 5.36. The van der Waals surface area contributed by atoms with Crippen LogP contribution < -0.4 is 4.90 Å². The Kier molecular flexibility index (Phi) is 5.35. The van der Waals surface area contributed by atoms with Crippen molar-refractivity contribution in [2.45, 2.75) is 0 Å². The first-order valence-corrected chi connectivity index (χ1v) is 8.92. The number of hydrogen-bond donors (Lipinski definition) is 1. The van der Waals surface area contributed by atoms with Crippen molar-refractivity contribution in [1.82, 2.24) is 0 Å². The predicted octanol–water partition coefficient (Wildman–Crippen LogP) is 6.02. The van der Waals surface area contributed by atoms with E-state index in [-0.39, 0.29) is 5.75 Å². The maximum Gasteiger partial charge on any atom is 0.119 e. The van der Waals surface area contributed by atoms with Crippen LogP contribution in [0.4, 0.5) is 28.4 Å². The van der Waals surface area contributed by atoms with Crippen LogP contribution in [0.3, 0.4) is 0 Å². The highest BCUT2D eigenvalue weighted by atomic mass is 16.5. The van der Waals surface area contributed by atoms with Crippen LogP contribution in [0.25, 0.3) is 0 Å². The molecule has 0 bridgehead atoms. The molecule has 0 amide bonds. The quantitative estimate of drug-likeness (QED) is 0.555. The molecule has 1 saturated heterocycles. The van der Waals surface area contributed by atoms with Crippen molar-refractivity contribution in [1.29, 1.82) is 0 Å². The molecular formula is C21H19N5O2. The molecule has 0 saturated carbocycles. The topological polar surface area (TPSA) is 82.1 Å². The fraction of sp³-hybridized carbons (Fsp3) is 0.143. The predicted molar refractivity (Wildman–Crippen MR) is 108 cm³/mol. The molecule has 1 fully saturated rings. The van der Waals surface area contributed by atoms with Gasteiger partial charge in [-0.3, -0.25) is 0 Å². The number of benzene rings is 3. The van der Waals surface area contributed by atoms with Gasteiger partial charge in [-0.1, -0.05) is 0 Å². The number of phenols is 1. The van der Waals surface area contributed by atoms with Crippen molar-refractivity contribution in [3.8, 4) is 5.75 Å². The van der Waals surface area contributed by atoms with Crippen molar-refractivity contribution in [2.75, 3.05) is 24.8 Å². The van der Waals surface area contributed by atoms with Crippen LogP contribution >= 0.6 is 0 Å². The number of aromatic hydroxyl groups is 1. The molecule has 3 aromatic rings. The molecule has 140 valence electrons. The van der Waals surface area contributed by atoms with Gasteiger partial charge in [0.05, 0.1) is 29.4 Å². The Labute approximate surface area is 162 Å². The molecule has 0 aromatic heterocycles. The Hall–Kier alpha value is -3.58. The van der Waals surface area contributed by atoms with Crippen LogP contribution in [0, 0.1) is 0 Å². The second kappa shape index (κ2) is 8.41. The Morgan fingerprint density at radius 2 is 1.07 bits per heavy atom. The highest BCUT2D eigenvalue weighted by Gasteiger charge is 2.11. The van der Waals surface area contributed by atoms with E-state index in [2.05, 4.69) is 25.4 Å². The maximum atomic E-state index is 9.27. The third-order valence-electron chi connectivity index (χ3n) is 4.23. The van der Waals surface area contributed by atoms with E-state index in [4.69, 9.17) is 4.74 Å². The van der Waals surface area contributed by atoms with E-state index in [0.717, 1.165) is 30.2 Å². The lowest BCUT2D eigenvalue weighted by Crippen LogP contribution is -2.17. The number of ether oxygens (including phenoxy) is 1. The van der Waals surface area contributed by atoms with Gasteiger partial charge in [-0.05, 0) is 72.8 Å². The largest absolute Gasteiger partial charge is 0.508 e. The fourth-order valence-electron chi connectivity index (χ4n) is 2.68. The Morgan fingerprint density at radius 3 is 1.50 bits per heavy atom. The first kappa shape index (κ1) is 17.8. The summed E-state index contributed by atoms with van der Waals surface area (Å²) in [6, 6.07) is 21.8. The monoisotopic (exact) mass is 373 g/mol. The number of anilines is 1. The molecular weight excluding hydrogens is 354 g/mol. The Balaban J connectivity index is 1.37. The number of hydrogen-bond acceptors (Lipinski definition) is 7. The summed E-state index contributed by atoms with van der Waals surface area (Å²) in [7, 11) is 0.